The average molecular weight is 199 g/mol. The number of likely N-dealkylation sites (N-methyl/N-ethyl adjacent to an activating group) is 1. The van der Waals surface area contributed by atoms with E-state index >= 15 is 0 Å². The second-order valence-electron chi connectivity index (χ2n) is 3.11. The van der Waals surface area contributed by atoms with Gasteiger partial charge < -0.3 is 9.47 Å². The molecule has 0 atom stereocenters. The number of rotatable bonds is 3. The molecule has 1 rings (SSSR count). The molecule has 1 N–H and O–H groups in total. The fraction of sp³-hybridized carbons (Fsp3) is 0.500. The number of hydrogen-bond donors (Lipinski definition) is 1. The van der Waals surface area contributed by atoms with Gasteiger partial charge in [-0.2, -0.15) is 0 Å². The third-order valence-corrected chi connectivity index (χ3v) is 2.02. The Balaban J connectivity index is 2.79. The van der Waals surface area contributed by atoms with Crippen molar-refractivity contribution >= 4 is 12.2 Å². The lowest BCUT2D eigenvalue weighted by Crippen LogP contribution is -2.20. The largest absolute Gasteiger partial charge is 0.324 e. The highest BCUT2D eigenvalue weighted by molar-refractivity contribution is 7.71. The van der Waals surface area contributed by atoms with E-state index in [0.29, 0.717) is 4.77 Å². The molecule has 13 heavy (non-hydrogen) atoms. The molecular weight excluding hydrogens is 186 g/mol. The molecule has 0 spiro atoms. The van der Waals surface area contributed by atoms with E-state index in [1.165, 1.54) is 6.07 Å². The lowest BCUT2D eigenvalue weighted by molar-refractivity contribution is 0.381. The van der Waals surface area contributed by atoms with Gasteiger partial charge in [-0.1, -0.05) is 0 Å². The summed E-state index contributed by atoms with van der Waals surface area (Å²) in [6.45, 7) is 1.70. The van der Waals surface area contributed by atoms with Crippen LogP contribution in [0.1, 0.15) is 0 Å². The van der Waals surface area contributed by atoms with Crippen molar-refractivity contribution in [2.24, 2.45) is 0 Å². The minimum atomic E-state index is -0.147. The van der Waals surface area contributed by atoms with Gasteiger partial charge >= 0.3 is 0 Å². The van der Waals surface area contributed by atoms with Gasteiger partial charge in [-0.05, 0) is 26.3 Å². The normalized spacial score (nSPS) is 10.7. The summed E-state index contributed by atoms with van der Waals surface area (Å²) < 4.78 is 2.32. The Morgan fingerprint density at radius 2 is 2.31 bits per heavy atom. The lowest BCUT2D eigenvalue weighted by Gasteiger charge is -2.10. The van der Waals surface area contributed by atoms with E-state index in [2.05, 4.69) is 9.88 Å². The van der Waals surface area contributed by atoms with Gasteiger partial charge in [0.05, 0.1) is 0 Å². The van der Waals surface area contributed by atoms with Crippen molar-refractivity contribution in [3.8, 4) is 0 Å². The van der Waals surface area contributed by atoms with Crippen LogP contribution in [0.4, 0.5) is 0 Å². The summed E-state index contributed by atoms with van der Waals surface area (Å²) >= 11 is 4.98. The minimum Gasteiger partial charge on any atom is -0.324 e. The maximum atomic E-state index is 10.8. The molecule has 0 amide bonds. The van der Waals surface area contributed by atoms with Crippen molar-refractivity contribution in [1.29, 1.82) is 0 Å². The number of H-pyrrole nitrogens is 1. The zero-order chi connectivity index (χ0) is 9.84. The van der Waals surface area contributed by atoms with Crippen LogP contribution in [0.3, 0.4) is 0 Å². The SMILES string of the molecule is CN(C)CCn1ccc(=O)[nH]c1=S. The zero-order valence-electron chi connectivity index (χ0n) is 7.78. The summed E-state index contributed by atoms with van der Waals surface area (Å²) in [6.07, 6.45) is 1.71. The van der Waals surface area contributed by atoms with E-state index in [1.54, 1.807) is 6.20 Å². The van der Waals surface area contributed by atoms with Gasteiger partial charge in [0.1, 0.15) is 0 Å². The van der Waals surface area contributed by atoms with Crippen LogP contribution in [0.2, 0.25) is 0 Å². The van der Waals surface area contributed by atoms with Gasteiger partial charge in [-0.25, -0.2) is 0 Å². The maximum Gasteiger partial charge on any atom is 0.251 e. The number of hydrogen-bond acceptors (Lipinski definition) is 3. The molecule has 1 aromatic heterocycles. The van der Waals surface area contributed by atoms with Crippen LogP contribution in [-0.2, 0) is 6.54 Å². The van der Waals surface area contributed by atoms with Crippen molar-refractivity contribution in [3.05, 3.63) is 27.4 Å². The molecule has 0 saturated heterocycles. The Kier molecular flexibility index (Phi) is 3.39. The monoisotopic (exact) mass is 199 g/mol. The van der Waals surface area contributed by atoms with E-state index in [1.807, 2.05) is 18.7 Å². The van der Waals surface area contributed by atoms with Gasteiger partial charge in [0.15, 0.2) is 4.77 Å². The highest BCUT2D eigenvalue weighted by Gasteiger charge is 1.94. The van der Waals surface area contributed by atoms with Crippen molar-refractivity contribution in [2.75, 3.05) is 20.6 Å². The first-order chi connectivity index (χ1) is 6.09. The number of aromatic nitrogens is 2. The topological polar surface area (TPSA) is 41.0 Å². The van der Waals surface area contributed by atoms with Crippen molar-refractivity contribution in [1.82, 2.24) is 14.5 Å². The van der Waals surface area contributed by atoms with Crippen LogP contribution in [0.25, 0.3) is 0 Å². The molecule has 1 heterocycles. The Morgan fingerprint density at radius 3 is 2.85 bits per heavy atom. The molecule has 0 saturated carbocycles. The molecule has 4 nitrogen and oxygen atoms in total. The Hall–Kier alpha value is -0.940. The van der Waals surface area contributed by atoms with Crippen molar-refractivity contribution in [2.45, 2.75) is 6.54 Å². The highest BCUT2D eigenvalue weighted by Crippen LogP contribution is 1.87. The van der Waals surface area contributed by atoms with Gasteiger partial charge in [0, 0.05) is 25.4 Å². The van der Waals surface area contributed by atoms with Gasteiger partial charge in [-0.15, -0.1) is 0 Å². The van der Waals surface area contributed by atoms with Crippen LogP contribution in [0, 0.1) is 4.77 Å². The highest BCUT2D eigenvalue weighted by atomic mass is 32.1. The second kappa shape index (κ2) is 4.34. The summed E-state index contributed by atoms with van der Waals surface area (Å²) in [5, 5.41) is 0. The Morgan fingerprint density at radius 1 is 1.62 bits per heavy atom. The number of nitrogens with zero attached hydrogens (tertiary/aromatic N) is 2. The summed E-state index contributed by atoms with van der Waals surface area (Å²) in [6, 6.07) is 1.48. The molecule has 0 aromatic carbocycles. The molecule has 0 fully saturated rings. The predicted octanol–water partition coefficient (Wildman–Crippen LogP) is 0.467. The first-order valence-corrected chi connectivity index (χ1v) is 4.45. The predicted molar refractivity (Wildman–Crippen MR) is 54.4 cm³/mol. The molecule has 5 heteroatoms. The Labute approximate surface area is 81.8 Å². The fourth-order valence-corrected chi connectivity index (χ4v) is 1.18. The van der Waals surface area contributed by atoms with Crippen LogP contribution < -0.4 is 5.56 Å². The molecule has 0 unspecified atom stereocenters. The molecule has 1 aromatic rings. The number of aromatic amines is 1. The second-order valence-corrected chi connectivity index (χ2v) is 3.49. The van der Waals surface area contributed by atoms with Gasteiger partial charge in [-0.3, -0.25) is 9.78 Å². The van der Waals surface area contributed by atoms with Crippen molar-refractivity contribution < 1.29 is 0 Å². The zero-order valence-corrected chi connectivity index (χ0v) is 8.60. The quantitative estimate of drug-likeness (QED) is 0.719. The van der Waals surface area contributed by atoms with E-state index in [-0.39, 0.29) is 5.56 Å². The summed E-state index contributed by atoms with van der Waals surface area (Å²) in [5.41, 5.74) is -0.147. The third-order valence-electron chi connectivity index (χ3n) is 1.68. The Bertz CT molecular complexity index is 379. The summed E-state index contributed by atoms with van der Waals surface area (Å²) in [5.74, 6) is 0. The van der Waals surface area contributed by atoms with Crippen LogP contribution in [0.5, 0.6) is 0 Å². The molecular formula is C8H13N3OS. The first-order valence-electron chi connectivity index (χ1n) is 4.04. The van der Waals surface area contributed by atoms with Gasteiger partial charge in [0.25, 0.3) is 5.56 Å². The molecule has 0 bridgehead atoms. The van der Waals surface area contributed by atoms with E-state index in [4.69, 9.17) is 12.2 Å². The lowest BCUT2D eigenvalue weighted by atomic mass is 10.5. The molecule has 0 aliphatic carbocycles. The van der Waals surface area contributed by atoms with Crippen LogP contribution >= 0.6 is 12.2 Å². The smallest absolute Gasteiger partial charge is 0.251 e. The van der Waals surface area contributed by atoms with Crippen LogP contribution in [0.15, 0.2) is 17.1 Å². The summed E-state index contributed by atoms with van der Waals surface area (Å²) in [4.78, 5) is 15.5. The number of nitrogens with one attached hydrogen (secondary N) is 1. The summed E-state index contributed by atoms with van der Waals surface area (Å²) in [7, 11) is 3.99. The van der Waals surface area contributed by atoms with E-state index < -0.39 is 0 Å². The van der Waals surface area contributed by atoms with Gasteiger partial charge in [0.2, 0.25) is 0 Å². The van der Waals surface area contributed by atoms with E-state index in [0.717, 1.165) is 13.1 Å². The third kappa shape index (κ3) is 3.12. The van der Waals surface area contributed by atoms with Crippen molar-refractivity contribution in [3.63, 3.8) is 0 Å². The molecule has 72 valence electrons. The fourth-order valence-electron chi connectivity index (χ4n) is 0.928. The molecule has 0 radical (unpaired) electrons. The first kappa shape index (κ1) is 10.1. The maximum absolute atomic E-state index is 10.8. The minimum absolute atomic E-state index is 0.147. The molecule has 0 aliphatic heterocycles. The average Bonchev–Trinajstić information content (AvgIpc) is 2.02. The standard InChI is InChI=1S/C8H13N3OS/c1-10(2)5-6-11-4-3-7(12)9-8(11)13/h3-4H,5-6H2,1-2H3,(H,9,12,13). The van der Waals surface area contributed by atoms with E-state index in [9.17, 15) is 4.79 Å². The molecule has 0 aliphatic rings. The van der Waals surface area contributed by atoms with Crippen LogP contribution in [-0.4, -0.2) is 35.1 Å².